The van der Waals surface area contributed by atoms with Crippen LogP contribution in [0.3, 0.4) is 0 Å². The molecular weight excluding hydrogens is 306 g/mol. The molecule has 0 aliphatic carbocycles. The number of hydrogen-bond acceptors (Lipinski definition) is 4. The van der Waals surface area contributed by atoms with Gasteiger partial charge < -0.3 is 16.4 Å². The molecule has 2 amide bonds. The maximum absolute atomic E-state index is 12.3. The lowest BCUT2D eigenvalue weighted by Crippen LogP contribution is -2.62. The van der Waals surface area contributed by atoms with Gasteiger partial charge in [0.1, 0.15) is 5.54 Å². The Labute approximate surface area is 140 Å². The maximum Gasteiger partial charge on any atom is 0.243 e. The lowest BCUT2D eigenvalue weighted by molar-refractivity contribution is -0.132. The molecular formula is C17H21N5O2. The molecule has 0 atom stereocenters. The SMILES string of the molecule is NC(=O)C1(NC(=O)Cc2ccn(-c3ccccc3)n2)CCNCC1. The van der Waals surface area contributed by atoms with Crippen molar-refractivity contribution in [2.24, 2.45) is 5.73 Å². The minimum absolute atomic E-state index is 0.113. The average Bonchev–Trinajstić information content (AvgIpc) is 3.04. The minimum Gasteiger partial charge on any atom is -0.368 e. The summed E-state index contributed by atoms with van der Waals surface area (Å²) in [4.78, 5) is 24.2. The highest BCUT2D eigenvalue weighted by Crippen LogP contribution is 2.18. The van der Waals surface area contributed by atoms with E-state index in [0.717, 1.165) is 5.69 Å². The van der Waals surface area contributed by atoms with Crippen molar-refractivity contribution in [3.63, 3.8) is 0 Å². The van der Waals surface area contributed by atoms with Crippen LogP contribution >= 0.6 is 0 Å². The summed E-state index contributed by atoms with van der Waals surface area (Å²) in [6.07, 6.45) is 2.94. The quantitative estimate of drug-likeness (QED) is 0.727. The van der Waals surface area contributed by atoms with Crippen LogP contribution in [0.1, 0.15) is 18.5 Å². The highest BCUT2D eigenvalue weighted by atomic mass is 16.2. The van der Waals surface area contributed by atoms with Gasteiger partial charge in [-0.15, -0.1) is 0 Å². The summed E-state index contributed by atoms with van der Waals surface area (Å²) in [6, 6.07) is 11.5. The van der Waals surface area contributed by atoms with Gasteiger partial charge in [-0.2, -0.15) is 5.10 Å². The van der Waals surface area contributed by atoms with Crippen molar-refractivity contribution in [1.29, 1.82) is 0 Å². The summed E-state index contributed by atoms with van der Waals surface area (Å²) >= 11 is 0. The van der Waals surface area contributed by atoms with Gasteiger partial charge in [-0.25, -0.2) is 4.68 Å². The standard InChI is InChI=1S/C17H21N5O2/c18-16(24)17(7-9-19-10-8-17)20-15(23)12-13-6-11-22(21-13)14-4-2-1-3-5-14/h1-6,11,19H,7-10,12H2,(H2,18,24)(H,20,23). The number of para-hydroxylation sites is 1. The second-order valence-corrected chi connectivity index (χ2v) is 6.01. The fourth-order valence-corrected chi connectivity index (χ4v) is 2.94. The van der Waals surface area contributed by atoms with Gasteiger partial charge in [0, 0.05) is 6.20 Å². The van der Waals surface area contributed by atoms with Crippen LogP contribution in [0, 0.1) is 0 Å². The number of hydrogen-bond donors (Lipinski definition) is 3. The van der Waals surface area contributed by atoms with E-state index in [4.69, 9.17) is 5.73 Å². The molecule has 1 aliphatic rings. The van der Waals surface area contributed by atoms with Crippen LogP contribution in [0.15, 0.2) is 42.6 Å². The Balaban J connectivity index is 1.67. The van der Waals surface area contributed by atoms with Crippen LogP contribution in [0.2, 0.25) is 0 Å². The Morgan fingerprint density at radius 2 is 1.92 bits per heavy atom. The van der Waals surface area contributed by atoms with Crippen molar-refractivity contribution in [2.45, 2.75) is 24.8 Å². The van der Waals surface area contributed by atoms with E-state index in [0.29, 0.717) is 31.6 Å². The monoisotopic (exact) mass is 327 g/mol. The van der Waals surface area contributed by atoms with Gasteiger partial charge in [0.2, 0.25) is 11.8 Å². The van der Waals surface area contributed by atoms with Crippen LogP contribution in [0.25, 0.3) is 5.69 Å². The number of rotatable bonds is 5. The molecule has 0 unspecified atom stereocenters. The van der Waals surface area contributed by atoms with E-state index in [1.54, 1.807) is 10.7 Å². The second kappa shape index (κ2) is 6.84. The number of aromatic nitrogens is 2. The fourth-order valence-electron chi connectivity index (χ4n) is 2.94. The van der Waals surface area contributed by atoms with Crippen molar-refractivity contribution in [3.05, 3.63) is 48.3 Å². The summed E-state index contributed by atoms with van der Waals surface area (Å²) in [6.45, 7) is 1.32. The molecule has 1 aromatic heterocycles. The molecule has 0 bridgehead atoms. The van der Waals surface area contributed by atoms with E-state index < -0.39 is 11.4 Å². The first kappa shape index (κ1) is 16.2. The number of piperidine rings is 1. The Hall–Kier alpha value is -2.67. The lowest BCUT2D eigenvalue weighted by Gasteiger charge is -2.35. The minimum atomic E-state index is -0.954. The predicted octanol–water partition coefficient (Wildman–Crippen LogP) is 0.138. The molecule has 7 nitrogen and oxygen atoms in total. The third kappa shape index (κ3) is 3.46. The highest BCUT2D eigenvalue weighted by molar-refractivity contribution is 5.91. The van der Waals surface area contributed by atoms with Crippen LogP contribution in [-0.4, -0.2) is 40.2 Å². The summed E-state index contributed by atoms with van der Waals surface area (Å²) in [5.41, 5.74) is 6.14. The van der Waals surface area contributed by atoms with Crippen LogP contribution in [0.5, 0.6) is 0 Å². The number of carbonyl (C=O) groups excluding carboxylic acids is 2. The van der Waals surface area contributed by atoms with Gasteiger partial charge in [-0.1, -0.05) is 18.2 Å². The highest BCUT2D eigenvalue weighted by Gasteiger charge is 2.39. The Morgan fingerprint density at radius 3 is 2.58 bits per heavy atom. The number of primary amides is 1. The third-order valence-corrected chi connectivity index (χ3v) is 4.31. The normalized spacial score (nSPS) is 16.5. The molecule has 2 heterocycles. The second-order valence-electron chi connectivity index (χ2n) is 6.01. The molecule has 4 N–H and O–H groups in total. The lowest BCUT2D eigenvalue weighted by atomic mass is 9.87. The molecule has 1 aliphatic heterocycles. The molecule has 0 saturated carbocycles. The van der Waals surface area contributed by atoms with E-state index >= 15 is 0 Å². The smallest absolute Gasteiger partial charge is 0.243 e. The number of nitrogens with two attached hydrogens (primary N) is 1. The summed E-state index contributed by atoms with van der Waals surface area (Å²) < 4.78 is 1.72. The molecule has 1 aromatic carbocycles. The maximum atomic E-state index is 12.3. The zero-order chi connectivity index (χ0) is 17.0. The third-order valence-electron chi connectivity index (χ3n) is 4.31. The van der Waals surface area contributed by atoms with Crippen LogP contribution in [0.4, 0.5) is 0 Å². The molecule has 1 fully saturated rings. The first-order valence-electron chi connectivity index (χ1n) is 8.01. The number of nitrogens with one attached hydrogen (secondary N) is 2. The van der Waals surface area contributed by atoms with Gasteiger partial charge in [0.25, 0.3) is 0 Å². The van der Waals surface area contributed by atoms with Crippen molar-refractivity contribution >= 4 is 11.8 Å². The Morgan fingerprint density at radius 1 is 1.21 bits per heavy atom. The molecule has 0 spiro atoms. The van der Waals surface area contributed by atoms with Crippen molar-refractivity contribution < 1.29 is 9.59 Å². The van der Waals surface area contributed by atoms with Gasteiger partial charge in [-0.3, -0.25) is 9.59 Å². The van der Waals surface area contributed by atoms with E-state index in [-0.39, 0.29) is 12.3 Å². The molecule has 24 heavy (non-hydrogen) atoms. The Kier molecular flexibility index (Phi) is 4.61. The number of benzene rings is 1. The molecule has 126 valence electrons. The molecule has 7 heteroatoms. The summed E-state index contributed by atoms with van der Waals surface area (Å²) in [7, 11) is 0. The van der Waals surface area contributed by atoms with Crippen LogP contribution in [-0.2, 0) is 16.0 Å². The van der Waals surface area contributed by atoms with Crippen molar-refractivity contribution in [3.8, 4) is 5.69 Å². The van der Waals surface area contributed by atoms with Gasteiger partial charge in [0.05, 0.1) is 17.8 Å². The fraction of sp³-hybridized carbons (Fsp3) is 0.353. The van der Waals surface area contributed by atoms with Crippen LogP contribution < -0.4 is 16.4 Å². The molecule has 0 radical (unpaired) electrons. The summed E-state index contributed by atoms with van der Waals surface area (Å²) in [5, 5.41) is 10.4. The van der Waals surface area contributed by atoms with Gasteiger partial charge >= 0.3 is 0 Å². The van der Waals surface area contributed by atoms with Crippen molar-refractivity contribution in [2.75, 3.05) is 13.1 Å². The number of carbonyl (C=O) groups is 2. The molecule has 3 rings (SSSR count). The Bertz CT molecular complexity index is 720. The largest absolute Gasteiger partial charge is 0.368 e. The molecule has 2 aromatic rings. The number of amides is 2. The average molecular weight is 327 g/mol. The van der Waals surface area contributed by atoms with Gasteiger partial charge in [-0.05, 0) is 44.1 Å². The van der Waals surface area contributed by atoms with E-state index in [9.17, 15) is 9.59 Å². The molecule has 1 saturated heterocycles. The van der Waals surface area contributed by atoms with Crippen molar-refractivity contribution in [1.82, 2.24) is 20.4 Å². The predicted molar refractivity (Wildman–Crippen MR) is 89.4 cm³/mol. The van der Waals surface area contributed by atoms with E-state index in [1.807, 2.05) is 36.5 Å². The van der Waals surface area contributed by atoms with E-state index in [1.165, 1.54) is 0 Å². The summed E-state index contributed by atoms with van der Waals surface area (Å²) in [5.74, 6) is -0.721. The zero-order valence-electron chi connectivity index (χ0n) is 13.4. The zero-order valence-corrected chi connectivity index (χ0v) is 13.4. The van der Waals surface area contributed by atoms with Gasteiger partial charge in [0.15, 0.2) is 0 Å². The topological polar surface area (TPSA) is 102 Å². The first-order valence-corrected chi connectivity index (χ1v) is 8.01. The van der Waals surface area contributed by atoms with E-state index in [2.05, 4.69) is 15.7 Å². The first-order chi connectivity index (χ1) is 11.6. The number of nitrogens with zero attached hydrogens (tertiary/aromatic N) is 2.